The minimum Gasteiger partial charge on any atom is -0.480 e. The molecule has 24 heavy (non-hydrogen) atoms. The van der Waals surface area contributed by atoms with Crippen LogP contribution in [0.2, 0.25) is 0 Å². The fourth-order valence-electron chi connectivity index (χ4n) is 3.02. The van der Waals surface area contributed by atoms with E-state index in [1.165, 1.54) is 0 Å². The van der Waals surface area contributed by atoms with Crippen molar-refractivity contribution in [1.82, 2.24) is 14.7 Å². The van der Waals surface area contributed by atoms with Crippen molar-refractivity contribution in [2.24, 2.45) is 0 Å². The molecule has 7 heteroatoms. The summed E-state index contributed by atoms with van der Waals surface area (Å²) in [5, 5.41) is 19.0. The van der Waals surface area contributed by atoms with Crippen LogP contribution in [0, 0.1) is 0 Å². The van der Waals surface area contributed by atoms with Crippen LogP contribution in [-0.4, -0.2) is 89.2 Å². The smallest absolute Gasteiger partial charge is 0.317 e. The number of likely N-dealkylation sites (N-methyl/N-ethyl adjacent to an activating group) is 2. The Balaban J connectivity index is 1.85. The van der Waals surface area contributed by atoms with E-state index in [9.17, 15) is 14.7 Å². The first kappa shape index (κ1) is 18.4. The maximum atomic E-state index is 12.4. The van der Waals surface area contributed by atoms with Crippen LogP contribution in [-0.2, 0) is 16.1 Å². The molecule has 1 amide bonds. The SMILES string of the molecule is CN(CC(=O)N1C[C@@H](O)[C@@H](N(C)CC(=O)O)C1)Cc1ccccc1. The highest BCUT2D eigenvalue weighted by molar-refractivity contribution is 5.78. The number of carbonyl (C=O) groups excluding carboxylic acids is 1. The average molecular weight is 335 g/mol. The Morgan fingerprint density at radius 3 is 2.46 bits per heavy atom. The predicted octanol–water partition coefficient (Wildman–Crippen LogP) is -0.293. The number of carboxylic acids is 1. The molecule has 132 valence electrons. The van der Waals surface area contributed by atoms with Gasteiger partial charge >= 0.3 is 5.97 Å². The third kappa shape index (κ3) is 5.02. The molecule has 0 aliphatic carbocycles. The molecule has 7 nitrogen and oxygen atoms in total. The Labute approximate surface area is 142 Å². The number of amides is 1. The molecule has 0 spiro atoms. The first-order valence-corrected chi connectivity index (χ1v) is 7.97. The van der Waals surface area contributed by atoms with E-state index in [1.807, 2.05) is 42.3 Å². The van der Waals surface area contributed by atoms with Gasteiger partial charge in [-0.1, -0.05) is 30.3 Å². The molecule has 1 saturated heterocycles. The zero-order valence-electron chi connectivity index (χ0n) is 14.1. The summed E-state index contributed by atoms with van der Waals surface area (Å²) in [6.45, 7) is 1.37. The van der Waals surface area contributed by atoms with Crippen LogP contribution in [0.1, 0.15) is 5.56 Å². The molecule has 2 N–H and O–H groups in total. The molecule has 0 unspecified atom stereocenters. The number of hydrogen-bond acceptors (Lipinski definition) is 5. The van der Waals surface area contributed by atoms with Gasteiger partial charge in [0.2, 0.25) is 5.91 Å². The van der Waals surface area contributed by atoms with Gasteiger partial charge in [0.05, 0.1) is 25.2 Å². The van der Waals surface area contributed by atoms with Crippen molar-refractivity contribution < 1.29 is 19.8 Å². The number of hydrogen-bond donors (Lipinski definition) is 2. The molecule has 1 heterocycles. The van der Waals surface area contributed by atoms with Crippen LogP contribution in [0.3, 0.4) is 0 Å². The summed E-state index contributed by atoms with van der Waals surface area (Å²) in [4.78, 5) is 28.3. The molecule has 1 aromatic rings. The van der Waals surface area contributed by atoms with Crippen LogP contribution in [0.5, 0.6) is 0 Å². The van der Waals surface area contributed by atoms with Crippen molar-refractivity contribution in [1.29, 1.82) is 0 Å². The molecular formula is C17H25N3O4. The van der Waals surface area contributed by atoms with Gasteiger partial charge in [-0.3, -0.25) is 19.4 Å². The average Bonchev–Trinajstić information content (AvgIpc) is 2.89. The van der Waals surface area contributed by atoms with Gasteiger partial charge in [0.25, 0.3) is 0 Å². The second kappa shape index (κ2) is 8.23. The van der Waals surface area contributed by atoms with E-state index in [-0.39, 0.29) is 31.6 Å². The first-order chi connectivity index (χ1) is 11.4. The number of nitrogens with zero attached hydrogens (tertiary/aromatic N) is 3. The van der Waals surface area contributed by atoms with E-state index in [4.69, 9.17) is 5.11 Å². The summed E-state index contributed by atoms with van der Waals surface area (Å²) in [5.74, 6) is -1.00. The highest BCUT2D eigenvalue weighted by Crippen LogP contribution is 2.16. The number of aliphatic hydroxyl groups is 1. The van der Waals surface area contributed by atoms with Gasteiger partial charge in [-0.25, -0.2) is 0 Å². The molecule has 1 fully saturated rings. The zero-order valence-corrected chi connectivity index (χ0v) is 14.1. The van der Waals surface area contributed by atoms with Crippen LogP contribution < -0.4 is 0 Å². The summed E-state index contributed by atoms with van der Waals surface area (Å²) >= 11 is 0. The maximum absolute atomic E-state index is 12.4. The summed E-state index contributed by atoms with van der Waals surface area (Å²) in [7, 11) is 3.53. The summed E-state index contributed by atoms with van der Waals surface area (Å²) in [6, 6.07) is 9.56. The fraction of sp³-hybridized carbons (Fsp3) is 0.529. The molecule has 2 rings (SSSR count). The van der Waals surface area contributed by atoms with Crippen molar-refractivity contribution in [3.8, 4) is 0 Å². The number of aliphatic carboxylic acids is 1. The van der Waals surface area contributed by atoms with Gasteiger partial charge in [-0.15, -0.1) is 0 Å². The predicted molar refractivity (Wildman–Crippen MR) is 89.4 cm³/mol. The van der Waals surface area contributed by atoms with Crippen LogP contribution in [0.4, 0.5) is 0 Å². The molecule has 1 aromatic carbocycles. The van der Waals surface area contributed by atoms with E-state index in [0.29, 0.717) is 13.1 Å². The second-order valence-corrected chi connectivity index (χ2v) is 6.40. The summed E-state index contributed by atoms with van der Waals surface area (Å²) in [5.41, 5.74) is 1.13. The van der Waals surface area contributed by atoms with Crippen molar-refractivity contribution in [3.63, 3.8) is 0 Å². The van der Waals surface area contributed by atoms with Gasteiger partial charge < -0.3 is 15.1 Å². The number of β-amino-alcohol motifs (C(OH)–C–C–N with tert-alkyl or cyclic N) is 1. The number of carboxylic acid groups (broad SMARTS) is 1. The summed E-state index contributed by atoms with van der Waals surface area (Å²) in [6.07, 6.45) is -0.724. The summed E-state index contributed by atoms with van der Waals surface area (Å²) < 4.78 is 0. The molecule has 0 bridgehead atoms. The number of likely N-dealkylation sites (tertiary alicyclic amines) is 1. The Hall–Kier alpha value is -1.96. The lowest BCUT2D eigenvalue weighted by atomic mass is 10.2. The molecule has 0 radical (unpaired) electrons. The molecule has 2 atom stereocenters. The normalized spacial score (nSPS) is 20.8. The molecule has 1 aliphatic heterocycles. The Bertz CT molecular complexity index is 566. The number of benzene rings is 1. The largest absolute Gasteiger partial charge is 0.480 e. The van der Waals surface area contributed by atoms with Gasteiger partial charge in [0.15, 0.2) is 0 Å². The molecular weight excluding hydrogens is 310 g/mol. The minimum atomic E-state index is -0.947. The van der Waals surface area contributed by atoms with Crippen molar-refractivity contribution in [3.05, 3.63) is 35.9 Å². The van der Waals surface area contributed by atoms with Gasteiger partial charge in [0, 0.05) is 19.6 Å². The van der Waals surface area contributed by atoms with Crippen molar-refractivity contribution in [2.45, 2.75) is 18.7 Å². The van der Waals surface area contributed by atoms with E-state index < -0.39 is 12.1 Å². The Morgan fingerprint density at radius 2 is 1.83 bits per heavy atom. The molecule has 1 aliphatic rings. The maximum Gasteiger partial charge on any atom is 0.317 e. The van der Waals surface area contributed by atoms with E-state index >= 15 is 0 Å². The fourth-order valence-corrected chi connectivity index (χ4v) is 3.02. The Kier molecular flexibility index (Phi) is 6.30. The lowest BCUT2D eigenvalue weighted by Crippen LogP contribution is -2.43. The third-order valence-electron chi connectivity index (χ3n) is 4.26. The molecule has 0 aromatic heterocycles. The van der Waals surface area contributed by atoms with Crippen LogP contribution >= 0.6 is 0 Å². The first-order valence-electron chi connectivity index (χ1n) is 7.97. The van der Waals surface area contributed by atoms with Crippen molar-refractivity contribution in [2.75, 3.05) is 40.3 Å². The van der Waals surface area contributed by atoms with Crippen molar-refractivity contribution >= 4 is 11.9 Å². The second-order valence-electron chi connectivity index (χ2n) is 6.40. The Morgan fingerprint density at radius 1 is 1.17 bits per heavy atom. The number of aliphatic hydroxyl groups excluding tert-OH is 1. The van der Waals surface area contributed by atoms with E-state index in [2.05, 4.69) is 0 Å². The monoisotopic (exact) mass is 335 g/mol. The topological polar surface area (TPSA) is 84.3 Å². The minimum absolute atomic E-state index is 0.0568. The van der Waals surface area contributed by atoms with Crippen LogP contribution in [0.25, 0.3) is 0 Å². The van der Waals surface area contributed by atoms with Gasteiger partial charge in [-0.05, 0) is 19.7 Å². The van der Waals surface area contributed by atoms with Gasteiger partial charge in [0.1, 0.15) is 0 Å². The standard InChI is InChI=1S/C17H25N3O4/c1-18(8-13-6-4-3-5-7-13)11-16(22)20-9-14(15(21)10-20)19(2)12-17(23)24/h3-7,14-15,21H,8-12H2,1-2H3,(H,23,24)/t14-,15+/m0/s1. The quantitative estimate of drug-likeness (QED) is 0.712. The third-order valence-corrected chi connectivity index (χ3v) is 4.26. The number of rotatable bonds is 7. The van der Waals surface area contributed by atoms with Gasteiger partial charge in [-0.2, -0.15) is 0 Å². The highest BCUT2D eigenvalue weighted by atomic mass is 16.4. The zero-order chi connectivity index (χ0) is 17.7. The van der Waals surface area contributed by atoms with Crippen LogP contribution in [0.15, 0.2) is 30.3 Å². The van der Waals surface area contributed by atoms with E-state index in [1.54, 1.807) is 16.8 Å². The number of carbonyl (C=O) groups is 2. The molecule has 0 saturated carbocycles. The highest BCUT2D eigenvalue weighted by Gasteiger charge is 2.36. The van der Waals surface area contributed by atoms with E-state index in [0.717, 1.165) is 5.56 Å². The lowest BCUT2D eigenvalue weighted by Gasteiger charge is -2.25. The lowest BCUT2D eigenvalue weighted by molar-refractivity contribution is -0.138.